The monoisotopic (exact) mass is 409 g/mol. The first-order valence-electron chi connectivity index (χ1n) is 10.8. The molecule has 0 atom stereocenters. The van der Waals surface area contributed by atoms with E-state index in [9.17, 15) is 9.59 Å². The molecule has 4 saturated carbocycles. The van der Waals surface area contributed by atoms with Crippen molar-refractivity contribution in [2.24, 2.45) is 30.7 Å². The third kappa shape index (κ3) is 3.46. The van der Waals surface area contributed by atoms with Crippen LogP contribution < -0.4 is 10.1 Å². The van der Waals surface area contributed by atoms with Gasteiger partial charge in [-0.05, 0) is 73.5 Å². The molecule has 4 bridgehead atoms. The van der Waals surface area contributed by atoms with Crippen molar-refractivity contribution in [3.8, 4) is 5.88 Å². The Morgan fingerprint density at radius 3 is 2.33 bits per heavy atom. The van der Waals surface area contributed by atoms with Crippen molar-refractivity contribution in [3.63, 3.8) is 0 Å². The molecule has 2 aromatic rings. The lowest BCUT2D eigenvalue weighted by Gasteiger charge is -2.54. The molecule has 30 heavy (non-hydrogen) atoms. The highest BCUT2D eigenvalue weighted by atomic mass is 16.5. The lowest BCUT2D eigenvalue weighted by atomic mass is 9.54. The molecule has 0 saturated heterocycles. The second-order valence-corrected chi connectivity index (χ2v) is 9.21. The van der Waals surface area contributed by atoms with Crippen molar-refractivity contribution in [3.05, 3.63) is 47.2 Å². The Balaban J connectivity index is 1.26. The van der Waals surface area contributed by atoms with Crippen molar-refractivity contribution in [1.29, 1.82) is 0 Å². The molecule has 0 spiro atoms. The molecule has 1 amide bonds. The minimum absolute atomic E-state index is 0.114. The average molecular weight is 409 g/mol. The van der Waals surface area contributed by atoms with E-state index in [1.54, 1.807) is 42.2 Å². The van der Waals surface area contributed by atoms with Crippen LogP contribution in [0.1, 0.15) is 58.4 Å². The third-order valence-corrected chi connectivity index (χ3v) is 7.23. The standard InChI is InChI=1S/C23H27N3O4/c1-26-22(30-12-13-2-4-16(5-3-13)23(28)29)19(11-24-26)21(27)25-20-17-7-14-6-15(9-17)10-18(20)8-14/h2-5,11,14-15,17-18,20H,6-10,12H2,1H3,(H,25,27)(H,28,29). The van der Waals surface area contributed by atoms with Gasteiger partial charge in [-0.15, -0.1) is 0 Å². The number of hydrogen-bond acceptors (Lipinski definition) is 4. The number of carboxylic acids is 1. The summed E-state index contributed by atoms with van der Waals surface area (Å²) in [5, 5.41) is 16.6. The minimum atomic E-state index is -0.960. The quantitative estimate of drug-likeness (QED) is 0.764. The van der Waals surface area contributed by atoms with Gasteiger partial charge in [-0.25, -0.2) is 9.48 Å². The lowest BCUT2D eigenvalue weighted by molar-refractivity contribution is -0.0120. The minimum Gasteiger partial charge on any atom is -0.478 e. The third-order valence-electron chi connectivity index (χ3n) is 7.23. The summed E-state index contributed by atoms with van der Waals surface area (Å²) < 4.78 is 7.48. The zero-order valence-corrected chi connectivity index (χ0v) is 17.1. The van der Waals surface area contributed by atoms with Crippen molar-refractivity contribution in [2.75, 3.05) is 0 Å². The van der Waals surface area contributed by atoms with Crippen molar-refractivity contribution in [1.82, 2.24) is 15.1 Å². The predicted molar refractivity (Wildman–Crippen MR) is 109 cm³/mol. The molecule has 158 valence electrons. The summed E-state index contributed by atoms with van der Waals surface area (Å²) in [6.45, 7) is 0.234. The summed E-state index contributed by atoms with van der Waals surface area (Å²) in [5.74, 6) is 2.31. The highest BCUT2D eigenvalue weighted by molar-refractivity contribution is 5.96. The van der Waals surface area contributed by atoms with Gasteiger partial charge in [0.2, 0.25) is 5.88 Å². The number of carbonyl (C=O) groups is 2. The zero-order chi connectivity index (χ0) is 20.8. The van der Waals surface area contributed by atoms with Gasteiger partial charge in [0.25, 0.3) is 5.91 Å². The van der Waals surface area contributed by atoms with Crippen LogP contribution in [0.3, 0.4) is 0 Å². The van der Waals surface area contributed by atoms with Crippen LogP contribution in [0.15, 0.2) is 30.5 Å². The fourth-order valence-electron chi connectivity index (χ4n) is 6.04. The first kappa shape index (κ1) is 19.2. The van der Waals surface area contributed by atoms with E-state index < -0.39 is 5.97 Å². The van der Waals surface area contributed by atoms with E-state index >= 15 is 0 Å². The maximum absolute atomic E-state index is 13.1. The van der Waals surface area contributed by atoms with Crippen LogP contribution >= 0.6 is 0 Å². The van der Waals surface area contributed by atoms with Gasteiger partial charge in [0.15, 0.2) is 0 Å². The Bertz CT molecular complexity index is 937. The number of nitrogens with one attached hydrogen (secondary N) is 1. The van der Waals surface area contributed by atoms with Crippen LogP contribution in [-0.4, -0.2) is 32.8 Å². The maximum Gasteiger partial charge on any atom is 0.335 e. The number of ether oxygens (including phenoxy) is 1. The number of nitrogens with zero attached hydrogens (tertiary/aromatic N) is 2. The van der Waals surface area contributed by atoms with Crippen molar-refractivity contribution >= 4 is 11.9 Å². The molecule has 6 rings (SSSR count). The molecule has 7 nitrogen and oxygen atoms in total. The molecule has 1 heterocycles. The first-order chi connectivity index (χ1) is 14.5. The van der Waals surface area contributed by atoms with Gasteiger partial charge in [0.05, 0.1) is 11.8 Å². The molecule has 4 fully saturated rings. The number of carboxylic acid groups (broad SMARTS) is 1. The smallest absolute Gasteiger partial charge is 0.335 e. The van der Waals surface area contributed by atoms with Crippen LogP contribution in [0.4, 0.5) is 0 Å². The van der Waals surface area contributed by atoms with Crippen LogP contribution in [0, 0.1) is 23.7 Å². The number of hydrogen-bond donors (Lipinski definition) is 2. The van der Waals surface area contributed by atoms with E-state index in [1.165, 1.54) is 32.1 Å². The van der Waals surface area contributed by atoms with E-state index in [1.807, 2.05) is 0 Å². The molecule has 1 aromatic carbocycles. The second kappa shape index (κ2) is 7.45. The molecule has 0 aliphatic heterocycles. The van der Waals surface area contributed by atoms with E-state index in [0.717, 1.165) is 17.4 Å². The van der Waals surface area contributed by atoms with Gasteiger partial charge in [0.1, 0.15) is 12.2 Å². The van der Waals surface area contributed by atoms with Gasteiger partial charge in [-0.1, -0.05) is 12.1 Å². The number of aryl methyl sites for hydroxylation is 1. The summed E-state index contributed by atoms with van der Waals surface area (Å²) in [6.07, 6.45) is 7.96. The van der Waals surface area contributed by atoms with Gasteiger partial charge in [-0.2, -0.15) is 5.10 Å². The van der Waals surface area contributed by atoms with E-state index in [4.69, 9.17) is 9.84 Å². The Hall–Kier alpha value is -2.83. The molecule has 7 heteroatoms. The number of benzene rings is 1. The molecule has 0 radical (unpaired) electrons. The van der Waals surface area contributed by atoms with Crippen molar-refractivity contribution in [2.45, 2.75) is 44.8 Å². The molecule has 4 aliphatic rings. The van der Waals surface area contributed by atoms with Crippen molar-refractivity contribution < 1.29 is 19.4 Å². The summed E-state index contributed by atoms with van der Waals surface area (Å²) in [7, 11) is 1.75. The summed E-state index contributed by atoms with van der Waals surface area (Å²) in [4.78, 5) is 24.1. The number of aromatic nitrogens is 2. The second-order valence-electron chi connectivity index (χ2n) is 9.21. The largest absolute Gasteiger partial charge is 0.478 e. The Morgan fingerprint density at radius 2 is 1.73 bits per heavy atom. The maximum atomic E-state index is 13.1. The summed E-state index contributed by atoms with van der Waals surface area (Å²) >= 11 is 0. The number of carbonyl (C=O) groups excluding carboxylic acids is 1. The lowest BCUT2D eigenvalue weighted by Crippen LogP contribution is -2.55. The molecular weight excluding hydrogens is 382 g/mol. The molecular formula is C23H27N3O4. The topological polar surface area (TPSA) is 93.5 Å². The van der Waals surface area contributed by atoms with Gasteiger partial charge in [0, 0.05) is 13.1 Å². The summed E-state index contributed by atoms with van der Waals surface area (Å²) in [6, 6.07) is 6.79. The van der Waals surface area contributed by atoms with Gasteiger partial charge in [-0.3, -0.25) is 4.79 Å². The van der Waals surface area contributed by atoms with Crippen LogP contribution in [0.25, 0.3) is 0 Å². The van der Waals surface area contributed by atoms with Crippen LogP contribution in [0.5, 0.6) is 5.88 Å². The Labute approximate surface area is 175 Å². The molecule has 2 N–H and O–H groups in total. The normalized spacial score (nSPS) is 29.0. The Kier molecular flexibility index (Phi) is 4.76. The first-order valence-corrected chi connectivity index (χ1v) is 10.8. The molecule has 1 aromatic heterocycles. The number of aromatic carboxylic acids is 1. The SMILES string of the molecule is Cn1ncc(C(=O)NC2C3CC4CC(C3)CC2C4)c1OCc1ccc(C(=O)O)cc1. The Morgan fingerprint density at radius 1 is 1.10 bits per heavy atom. The number of rotatable bonds is 6. The fraction of sp³-hybridized carbons (Fsp3) is 0.522. The predicted octanol–water partition coefficient (Wildman–Crippen LogP) is 3.25. The van der Waals surface area contributed by atoms with Crippen LogP contribution in [-0.2, 0) is 13.7 Å². The zero-order valence-electron chi connectivity index (χ0n) is 17.1. The molecule has 0 unspecified atom stereocenters. The fourth-order valence-corrected chi connectivity index (χ4v) is 6.04. The van der Waals surface area contributed by atoms with E-state index in [2.05, 4.69) is 10.4 Å². The van der Waals surface area contributed by atoms with Gasteiger partial charge >= 0.3 is 5.97 Å². The number of amides is 1. The molecule has 4 aliphatic carbocycles. The van der Waals surface area contributed by atoms with E-state index in [0.29, 0.717) is 23.3 Å². The van der Waals surface area contributed by atoms with Gasteiger partial charge < -0.3 is 15.2 Å². The van der Waals surface area contributed by atoms with E-state index in [-0.39, 0.29) is 24.1 Å². The summed E-state index contributed by atoms with van der Waals surface area (Å²) in [5.41, 5.74) is 1.51. The van der Waals surface area contributed by atoms with Crippen LogP contribution in [0.2, 0.25) is 0 Å². The average Bonchev–Trinajstić information content (AvgIpc) is 3.09. The highest BCUT2D eigenvalue weighted by Crippen LogP contribution is 2.53. The highest BCUT2D eigenvalue weighted by Gasteiger charge is 2.48.